The molecule has 0 unspecified atom stereocenters. The van der Waals surface area contributed by atoms with E-state index in [9.17, 15) is 13.6 Å². The van der Waals surface area contributed by atoms with Crippen LogP contribution in [0.4, 0.5) is 8.78 Å². The number of nitrogens with zero attached hydrogens (tertiary/aromatic N) is 2. The second-order valence-electron chi connectivity index (χ2n) is 4.27. The van der Waals surface area contributed by atoms with Crippen LogP contribution in [0.15, 0.2) is 29.4 Å². The summed E-state index contributed by atoms with van der Waals surface area (Å²) in [4.78, 5) is 20.2. The van der Waals surface area contributed by atoms with Crippen LogP contribution in [0.25, 0.3) is 0 Å². The Labute approximate surface area is 119 Å². The van der Waals surface area contributed by atoms with E-state index in [-0.39, 0.29) is 11.3 Å². The van der Waals surface area contributed by atoms with Crippen molar-refractivity contribution in [1.29, 1.82) is 0 Å². The number of ketones is 1. The summed E-state index contributed by atoms with van der Waals surface area (Å²) in [5.74, 6) is -1.89. The van der Waals surface area contributed by atoms with Gasteiger partial charge in [-0.2, -0.15) is 0 Å². The highest BCUT2D eigenvalue weighted by Crippen LogP contribution is 2.18. The number of halogens is 2. The van der Waals surface area contributed by atoms with E-state index in [1.807, 2.05) is 19.9 Å². The molecule has 0 saturated heterocycles. The van der Waals surface area contributed by atoms with E-state index in [0.717, 1.165) is 41.3 Å². The van der Waals surface area contributed by atoms with Crippen molar-refractivity contribution >= 4 is 17.5 Å². The minimum Gasteiger partial charge on any atom is -0.293 e. The molecule has 0 fully saturated rings. The van der Waals surface area contributed by atoms with Crippen LogP contribution in [0.2, 0.25) is 0 Å². The standard InChI is InChI=1S/C14H12F2N2OS/c1-8-5-9(2)18-14(17-8)20-7-13(19)11-6-10(15)3-4-12(11)16/h3-6H,7H2,1-2H3. The summed E-state index contributed by atoms with van der Waals surface area (Å²) < 4.78 is 26.5. The van der Waals surface area contributed by atoms with E-state index >= 15 is 0 Å². The number of carbonyl (C=O) groups is 1. The van der Waals surface area contributed by atoms with E-state index in [1.165, 1.54) is 0 Å². The average molecular weight is 294 g/mol. The van der Waals surface area contributed by atoms with Crippen molar-refractivity contribution in [2.24, 2.45) is 0 Å². The SMILES string of the molecule is Cc1cc(C)nc(SCC(=O)c2cc(F)ccc2F)n1. The first-order valence-corrected chi connectivity index (χ1v) is 6.87. The Bertz CT molecular complexity index is 641. The zero-order chi connectivity index (χ0) is 14.7. The summed E-state index contributed by atoms with van der Waals surface area (Å²) >= 11 is 1.11. The molecule has 1 aromatic carbocycles. The van der Waals surface area contributed by atoms with Gasteiger partial charge >= 0.3 is 0 Å². The topological polar surface area (TPSA) is 42.9 Å². The molecule has 0 spiro atoms. The largest absolute Gasteiger partial charge is 0.293 e. The molecule has 1 heterocycles. The van der Waals surface area contributed by atoms with Crippen molar-refractivity contribution in [3.05, 3.63) is 52.9 Å². The molecule has 0 aliphatic rings. The summed E-state index contributed by atoms with van der Waals surface area (Å²) in [6.07, 6.45) is 0. The maximum atomic E-state index is 13.4. The number of thioether (sulfide) groups is 1. The fourth-order valence-corrected chi connectivity index (χ4v) is 2.51. The first-order chi connectivity index (χ1) is 9.45. The first-order valence-electron chi connectivity index (χ1n) is 5.89. The van der Waals surface area contributed by atoms with Crippen molar-refractivity contribution in [1.82, 2.24) is 9.97 Å². The minimum atomic E-state index is -0.724. The predicted octanol–water partition coefficient (Wildman–Crippen LogP) is 3.35. The Morgan fingerprint density at radius 3 is 2.45 bits per heavy atom. The molecule has 2 aromatic rings. The summed E-state index contributed by atoms with van der Waals surface area (Å²) in [6, 6.07) is 4.64. The lowest BCUT2D eigenvalue weighted by molar-refractivity contribution is 0.101. The van der Waals surface area contributed by atoms with E-state index < -0.39 is 17.4 Å². The summed E-state index contributed by atoms with van der Waals surface area (Å²) in [5, 5.41) is 0.452. The maximum absolute atomic E-state index is 13.4. The molecule has 0 bridgehead atoms. The highest BCUT2D eigenvalue weighted by Gasteiger charge is 2.14. The predicted molar refractivity (Wildman–Crippen MR) is 72.9 cm³/mol. The summed E-state index contributed by atoms with van der Waals surface area (Å²) in [5.41, 5.74) is 1.34. The van der Waals surface area contributed by atoms with E-state index in [2.05, 4.69) is 9.97 Å². The van der Waals surface area contributed by atoms with Crippen molar-refractivity contribution in [2.75, 3.05) is 5.75 Å². The van der Waals surface area contributed by atoms with Crippen molar-refractivity contribution in [3.8, 4) is 0 Å². The molecular weight excluding hydrogens is 282 g/mol. The van der Waals surface area contributed by atoms with Gasteiger partial charge in [0.25, 0.3) is 0 Å². The second kappa shape index (κ2) is 6.09. The molecule has 0 radical (unpaired) electrons. The van der Waals surface area contributed by atoms with Gasteiger partial charge in [0.15, 0.2) is 10.9 Å². The Hall–Kier alpha value is -1.82. The third-order valence-corrected chi connectivity index (χ3v) is 3.37. The van der Waals surface area contributed by atoms with Gasteiger partial charge in [0.2, 0.25) is 0 Å². The van der Waals surface area contributed by atoms with E-state index in [0.29, 0.717) is 5.16 Å². The monoisotopic (exact) mass is 294 g/mol. The average Bonchev–Trinajstić information content (AvgIpc) is 2.38. The number of aryl methyl sites for hydroxylation is 2. The fourth-order valence-electron chi connectivity index (χ4n) is 1.68. The van der Waals surface area contributed by atoms with E-state index in [1.54, 1.807) is 0 Å². The lowest BCUT2D eigenvalue weighted by Gasteiger charge is -2.04. The van der Waals surface area contributed by atoms with Crippen molar-refractivity contribution < 1.29 is 13.6 Å². The van der Waals surface area contributed by atoms with Crippen molar-refractivity contribution in [3.63, 3.8) is 0 Å². The fraction of sp³-hybridized carbons (Fsp3) is 0.214. The third-order valence-electron chi connectivity index (χ3n) is 2.52. The Balaban J connectivity index is 2.10. The molecular formula is C14H12F2N2OS. The Morgan fingerprint density at radius 1 is 1.15 bits per heavy atom. The molecule has 0 aliphatic heterocycles. The van der Waals surface area contributed by atoms with Gasteiger partial charge in [-0.1, -0.05) is 11.8 Å². The van der Waals surface area contributed by atoms with Crippen molar-refractivity contribution in [2.45, 2.75) is 19.0 Å². The van der Waals surface area contributed by atoms with Crippen LogP contribution in [-0.4, -0.2) is 21.5 Å². The zero-order valence-electron chi connectivity index (χ0n) is 11.0. The molecule has 104 valence electrons. The second-order valence-corrected chi connectivity index (χ2v) is 5.21. The Kier molecular flexibility index (Phi) is 4.44. The molecule has 1 aromatic heterocycles. The quantitative estimate of drug-likeness (QED) is 0.493. The summed E-state index contributed by atoms with van der Waals surface area (Å²) in [7, 11) is 0. The molecule has 0 N–H and O–H groups in total. The van der Waals surface area contributed by atoms with Gasteiger partial charge < -0.3 is 0 Å². The maximum Gasteiger partial charge on any atom is 0.188 e. The number of rotatable bonds is 4. The Morgan fingerprint density at radius 2 is 1.80 bits per heavy atom. The number of hydrogen-bond acceptors (Lipinski definition) is 4. The van der Waals surface area contributed by atoms with Gasteiger partial charge in [-0.05, 0) is 38.1 Å². The zero-order valence-corrected chi connectivity index (χ0v) is 11.8. The third kappa shape index (κ3) is 3.60. The highest BCUT2D eigenvalue weighted by molar-refractivity contribution is 7.99. The van der Waals surface area contributed by atoms with Crippen LogP contribution in [0.1, 0.15) is 21.7 Å². The number of carbonyl (C=O) groups excluding carboxylic acids is 1. The molecule has 20 heavy (non-hydrogen) atoms. The smallest absolute Gasteiger partial charge is 0.188 e. The van der Waals surface area contributed by atoms with Gasteiger partial charge in [-0.25, -0.2) is 18.7 Å². The van der Waals surface area contributed by atoms with Gasteiger partial charge in [-0.15, -0.1) is 0 Å². The first kappa shape index (κ1) is 14.6. The van der Waals surface area contributed by atoms with Gasteiger partial charge in [0, 0.05) is 11.4 Å². The van der Waals surface area contributed by atoms with Gasteiger partial charge in [0.1, 0.15) is 11.6 Å². The number of benzene rings is 1. The molecule has 6 heteroatoms. The number of aromatic nitrogens is 2. The lowest BCUT2D eigenvalue weighted by atomic mass is 10.1. The molecule has 0 aliphatic carbocycles. The number of Topliss-reactive ketones (excluding diaryl/α,β-unsaturated/α-hetero) is 1. The van der Waals surface area contributed by atoms with E-state index in [4.69, 9.17) is 0 Å². The van der Waals surface area contributed by atoms with Crippen LogP contribution >= 0.6 is 11.8 Å². The highest BCUT2D eigenvalue weighted by atomic mass is 32.2. The van der Waals surface area contributed by atoms with Crippen LogP contribution in [0.5, 0.6) is 0 Å². The molecule has 0 saturated carbocycles. The lowest BCUT2D eigenvalue weighted by Crippen LogP contribution is -2.07. The van der Waals surface area contributed by atoms with Crippen LogP contribution in [-0.2, 0) is 0 Å². The van der Waals surface area contributed by atoms with Crippen LogP contribution in [0, 0.1) is 25.5 Å². The molecule has 2 rings (SSSR count). The molecule has 3 nitrogen and oxygen atoms in total. The van der Waals surface area contributed by atoms with Crippen LogP contribution in [0.3, 0.4) is 0 Å². The minimum absolute atomic E-state index is 0.0384. The summed E-state index contributed by atoms with van der Waals surface area (Å²) in [6.45, 7) is 3.65. The van der Waals surface area contributed by atoms with Crippen LogP contribution < -0.4 is 0 Å². The molecule has 0 atom stereocenters. The normalized spacial score (nSPS) is 10.6. The number of hydrogen-bond donors (Lipinski definition) is 0. The van der Waals surface area contributed by atoms with Gasteiger partial charge in [0.05, 0.1) is 11.3 Å². The van der Waals surface area contributed by atoms with Gasteiger partial charge in [-0.3, -0.25) is 4.79 Å². The molecule has 0 amide bonds.